The summed E-state index contributed by atoms with van der Waals surface area (Å²) in [5.74, 6) is -1.58. The van der Waals surface area contributed by atoms with E-state index in [1.807, 2.05) is 60.7 Å². The van der Waals surface area contributed by atoms with E-state index in [2.05, 4.69) is 0 Å². The second-order valence-corrected chi connectivity index (χ2v) is 9.63. The number of amides is 1. The minimum Gasteiger partial charge on any atom is -0.480 e. The Morgan fingerprint density at radius 2 is 1.53 bits per heavy atom. The van der Waals surface area contributed by atoms with Crippen molar-refractivity contribution < 1.29 is 28.3 Å². The van der Waals surface area contributed by atoms with Crippen molar-refractivity contribution in [3.05, 3.63) is 71.8 Å². The second kappa shape index (κ2) is 10.0. The van der Waals surface area contributed by atoms with Crippen LogP contribution < -0.4 is 0 Å². The molecule has 2 atom stereocenters. The van der Waals surface area contributed by atoms with Crippen molar-refractivity contribution in [2.45, 2.75) is 44.7 Å². The predicted octanol–water partition coefficient (Wildman–Crippen LogP) is 4.08. The monoisotopic (exact) mass is 431 g/mol. The SMILES string of the molecule is CC(C(=O)N1CCC[C@H]1C(=O)O)P(=O)(OCc1ccccc1)OCc1ccccc1. The van der Waals surface area contributed by atoms with Crippen molar-refractivity contribution in [2.75, 3.05) is 6.54 Å². The fraction of sp³-hybridized carbons (Fsp3) is 0.364. The van der Waals surface area contributed by atoms with Crippen LogP contribution in [0.2, 0.25) is 0 Å². The highest BCUT2D eigenvalue weighted by atomic mass is 31.2. The molecule has 8 heteroatoms. The lowest BCUT2D eigenvalue weighted by Gasteiger charge is -2.29. The largest absolute Gasteiger partial charge is 0.480 e. The highest BCUT2D eigenvalue weighted by molar-refractivity contribution is 7.55. The summed E-state index contributed by atoms with van der Waals surface area (Å²) in [6.07, 6.45) is 0.976. The predicted molar refractivity (Wildman–Crippen MR) is 112 cm³/mol. The zero-order chi connectivity index (χ0) is 21.6. The molecule has 0 saturated carbocycles. The molecule has 1 N–H and O–H groups in total. The van der Waals surface area contributed by atoms with Crippen LogP contribution in [-0.2, 0) is 36.4 Å². The number of nitrogens with zero attached hydrogens (tertiary/aromatic N) is 1. The van der Waals surface area contributed by atoms with Gasteiger partial charge in [-0.1, -0.05) is 60.7 Å². The molecular formula is C22H26NO6P. The number of carbonyl (C=O) groups excluding carboxylic acids is 1. The van der Waals surface area contributed by atoms with Crippen LogP contribution in [0.25, 0.3) is 0 Å². The molecule has 1 saturated heterocycles. The van der Waals surface area contributed by atoms with Crippen LogP contribution in [0.4, 0.5) is 0 Å². The van der Waals surface area contributed by atoms with Gasteiger partial charge in [0.1, 0.15) is 11.7 Å². The number of benzene rings is 2. The maximum Gasteiger partial charge on any atom is 0.343 e. The lowest BCUT2D eigenvalue weighted by molar-refractivity contribution is -0.148. The Bertz CT molecular complexity index is 857. The first kappa shape index (κ1) is 22.2. The van der Waals surface area contributed by atoms with E-state index in [0.29, 0.717) is 19.4 Å². The first-order valence-electron chi connectivity index (χ1n) is 9.90. The number of carboxylic acids is 1. The Hall–Kier alpha value is -2.47. The van der Waals surface area contributed by atoms with Crippen LogP contribution in [0.3, 0.4) is 0 Å². The van der Waals surface area contributed by atoms with Gasteiger partial charge in [-0.2, -0.15) is 0 Å². The normalized spacial score (nSPS) is 17.6. The maximum atomic E-state index is 13.7. The van der Waals surface area contributed by atoms with Gasteiger partial charge in [-0.15, -0.1) is 0 Å². The minimum absolute atomic E-state index is 0.0207. The number of hydrogen-bond acceptors (Lipinski definition) is 5. The van der Waals surface area contributed by atoms with E-state index in [1.165, 1.54) is 11.8 Å². The van der Waals surface area contributed by atoms with Crippen LogP contribution in [0.15, 0.2) is 60.7 Å². The molecule has 0 aromatic heterocycles. The zero-order valence-corrected chi connectivity index (χ0v) is 17.7. The molecule has 30 heavy (non-hydrogen) atoms. The van der Waals surface area contributed by atoms with Gasteiger partial charge < -0.3 is 19.1 Å². The number of carbonyl (C=O) groups is 2. The Morgan fingerprint density at radius 1 is 1.03 bits per heavy atom. The van der Waals surface area contributed by atoms with Gasteiger partial charge in [0.15, 0.2) is 0 Å². The van der Waals surface area contributed by atoms with Gasteiger partial charge in [0.2, 0.25) is 5.91 Å². The summed E-state index contributed by atoms with van der Waals surface area (Å²) in [5.41, 5.74) is 0.473. The summed E-state index contributed by atoms with van der Waals surface area (Å²) in [6.45, 7) is 1.84. The highest BCUT2D eigenvalue weighted by Crippen LogP contribution is 2.55. The van der Waals surface area contributed by atoms with Gasteiger partial charge in [0, 0.05) is 6.54 Å². The smallest absolute Gasteiger partial charge is 0.343 e. The van der Waals surface area contributed by atoms with E-state index >= 15 is 0 Å². The Labute approximate surface area is 176 Å². The standard InChI is InChI=1S/C22H26NO6P/c1-17(21(24)23-14-8-13-20(23)22(25)26)30(27,28-15-18-9-4-2-5-10-18)29-16-19-11-6-3-7-12-19/h2-7,9-12,17,20H,8,13-16H2,1H3,(H,25,26)/t17?,20-/m0/s1. The summed E-state index contributed by atoms with van der Waals surface area (Å²) in [4.78, 5) is 25.8. The molecule has 1 heterocycles. The average molecular weight is 431 g/mol. The number of hydrogen-bond donors (Lipinski definition) is 1. The second-order valence-electron chi connectivity index (χ2n) is 7.26. The molecule has 3 rings (SSSR count). The number of aliphatic carboxylic acids is 1. The molecule has 0 radical (unpaired) electrons. The number of rotatable bonds is 9. The highest BCUT2D eigenvalue weighted by Gasteiger charge is 2.44. The van der Waals surface area contributed by atoms with E-state index in [4.69, 9.17) is 9.05 Å². The first-order chi connectivity index (χ1) is 14.4. The lowest BCUT2D eigenvalue weighted by Crippen LogP contribution is -2.44. The van der Waals surface area contributed by atoms with Crippen LogP contribution in [0.1, 0.15) is 30.9 Å². The van der Waals surface area contributed by atoms with E-state index in [0.717, 1.165) is 11.1 Å². The van der Waals surface area contributed by atoms with Gasteiger partial charge in [-0.05, 0) is 30.9 Å². The summed E-state index contributed by atoms with van der Waals surface area (Å²) in [6, 6.07) is 17.5. The lowest BCUT2D eigenvalue weighted by atomic mass is 10.2. The van der Waals surface area contributed by atoms with E-state index in [-0.39, 0.29) is 13.2 Å². The van der Waals surface area contributed by atoms with E-state index in [1.54, 1.807) is 0 Å². The maximum absolute atomic E-state index is 13.7. The average Bonchev–Trinajstić information content (AvgIpc) is 3.27. The van der Waals surface area contributed by atoms with E-state index in [9.17, 15) is 19.3 Å². The molecule has 0 aliphatic carbocycles. The quantitative estimate of drug-likeness (QED) is 0.602. The number of carboxylic acid groups (broad SMARTS) is 1. The van der Waals surface area contributed by atoms with Crippen molar-refractivity contribution in [2.24, 2.45) is 0 Å². The van der Waals surface area contributed by atoms with Crippen molar-refractivity contribution in [3.63, 3.8) is 0 Å². The summed E-state index contributed by atoms with van der Waals surface area (Å²) in [5, 5.41) is 9.40. The van der Waals surface area contributed by atoms with Crippen LogP contribution in [0.5, 0.6) is 0 Å². The third kappa shape index (κ3) is 5.36. The molecule has 7 nitrogen and oxygen atoms in total. The van der Waals surface area contributed by atoms with Crippen LogP contribution in [-0.4, -0.2) is 40.1 Å². The van der Waals surface area contributed by atoms with Gasteiger partial charge in [0.05, 0.1) is 13.2 Å². The topological polar surface area (TPSA) is 93.1 Å². The molecule has 1 aliphatic heterocycles. The van der Waals surface area contributed by atoms with Crippen molar-refractivity contribution in [1.29, 1.82) is 0 Å². The fourth-order valence-electron chi connectivity index (χ4n) is 3.40. The molecule has 1 fully saturated rings. The van der Waals surface area contributed by atoms with Crippen LogP contribution >= 0.6 is 7.60 Å². The van der Waals surface area contributed by atoms with Crippen molar-refractivity contribution >= 4 is 19.5 Å². The molecule has 0 bridgehead atoms. The summed E-state index contributed by atoms with van der Waals surface area (Å²) < 4.78 is 25.1. The molecule has 0 spiro atoms. The number of likely N-dealkylation sites (tertiary alicyclic amines) is 1. The van der Waals surface area contributed by atoms with Crippen molar-refractivity contribution in [1.82, 2.24) is 4.90 Å². The van der Waals surface area contributed by atoms with E-state index < -0.39 is 31.2 Å². The Morgan fingerprint density at radius 3 is 2.00 bits per heavy atom. The minimum atomic E-state index is -3.89. The fourth-order valence-corrected chi connectivity index (χ4v) is 5.00. The molecule has 1 amide bonds. The molecule has 160 valence electrons. The third-order valence-corrected chi connectivity index (χ3v) is 7.31. The summed E-state index contributed by atoms with van der Waals surface area (Å²) >= 11 is 0. The van der Waals surface area contributed by atoms with Gasteiger partial charge in [-0.25, -0.2) is 4.79 Å². The Kier molecular flexibility index (Phi) is 7.43. The van der Waals surface area contributed by atoms with Gasteiger partial charge >= 0.3 is 13.6 Å². The Balaban J connectivity index is 1.78. The molecular weight excluding hydrogens is 405 g/mol. The summed E-state index contributed by atoms with van der Waals surface area (Å²) in [7, 11) is -3.89. The molecule has 1 unspecified atom stereocenters. The van der Waals surface area contributed by atoms with Gasteiger partial charge in [-0.3, -0.25) is 9.36 Å². The molecule has 2 aromatic rings. The first-order valence-corrected chi connectivity index (χ1v) is 11.5. The third-order valence-electron chi connectivity index (χ3n) is 5.16. The zero-order valence-electron chi connectivity index (χ0n) is 16.8. The molecule has 1 aliphatic rings. The molecule has 2 aromatic carbocycles. The van der Waals surface area contributed by atoms with Crippen LogP contribution in [0, 0.1) is 0 Å². The van der Waals surface area contributed by atoms with Gasteiger partial charge in [0.25, 0.3) is 0 Å². The van der Waals surface area contributed by atoms with Crippen molar-refractivity contribution in [3.8, 4) is 0 Å².